The van der Waals surface area contributed by atoms with Gasteiger partial charge in [-0.05, 0) is 26.2 Å². The van der Waals surface area contributed by atoms with Crippen molar-refractivity contribution >= 4 is 11.9 Å². The summed E-state index contributed by atoms with van der Waals surface area (Å²) in [5.41, 5.74) is 0.00600. The fraction of sp³-hybridized carbons (Fsp3) is 0.688. The number of hydrogen-bond acceptors (Lipinski definition) is 6. The number of aliphatic hydroxyl groups excluding tert-OH is 1. The van der Waals surface area contributed by atoms with E-state index in [1.165, 1.54) is 6.20 Å². The first-order chi connectivity index (χ1) is 11.1. The highest BCUT2D eigenvalue weighted by Crippen LogP contribution is 2.20. The Hall–Kier alpha value is -2.07. The second-order valence-electron chi connectivity index (χ2n) is 5.44. The molecule has 2 N–H and O–H groups in total. The fourth-order valence-electron chi connectivity index (χ4n) is 2.39. The van der Waals surface area contributed by atoms with Crippen LogP contribution in [0.15, 0.2) is 11.8 Å². The largest absolute Gasteiger partial charge is 0.466 e. The van der Waals surface area contributed by atoms with Gasteiger partial charge in [0.15, 0.2) is 0 Å². The minimum absolute atomic E-state index is 0.00600. The van der Waals surface area contributed by atoms with Crippen molar-refractivity contribution in [2.24, 2.45) is 5.92 Å². The van der Waals surface area contributed by atoms with Crippen LogP contribution < -0.4 is 5.32 Å². The van der Waals surface area contributed by atoms with Gasteiger partial charge in [0.05, 0.1) is 19.1 Å². The highest BCUT2D eigenvalue weighted by Gasteiger charge is 2.29. The van der Waals surface area contributed by atoms with E-state index in [1.807, 2.05) is 13.0 Å². The van der Waals surface area contributed by atoms with Crippen molar-refractivity contribution in [3.05, 3.63) is 11.8 Å². The van der Waals surface area contributed by atoms with E-state index >= 15 is 0 Å². The Labute approximate surface area is 136 Å². The number of hydrogen-bond donors (Lipinski definition) is 2. The number of rotatable bonds is 7. The summed E-state index contributed by atoms with van der Waals surface area (Å²) < 4.78 is 5.00. The molecule has 1 aliphatic rings. The summed E-state index contributed by atoms with van der Waals surface area (Å²) in [5, 5.41) is 21.1. The number of aliphatic hydroxyl groups is 1. The van der Waals surface area contributed by atoms with Crippen LogP contribution in [-0.2, 0) is 14.3 Å². The van der Waals surface area contributed by atoms with E-state index in [-0.39, 0.29) is 36.0 Å². The number of ether oxygens (including phenoxy) is 1. The molecule has 23 heavy (non-hydrogen) atoms. The van der Waals surface area contributed by atoms with Crippen LogP contribution in [0.2, 0.25) is 0 Å². The maximum absolute atomic E-state index is 12.3. The third-order valence-corrected chi connectivity index (χ3v) is 3.93. The van der Waals surface area contributed by atoms with E-state index in [0.717, 1.165) is 0 Å². The smallest absolute Gasteiger partial charge is 0.309 e. The summed E-state index contributed by atoms with van der Waals surface area (Å²) >= 11 is 0. The van der Waals surface area contributed by atoms with E-state index in [4.69, 9.17) is 15.1 Å². The lowest BCUT2D eigenvalue weighted by molar-refractivity contribution is -0.150. The lowest BCUT2D eigenvalue weighted by atomic mass is 9.96. The van der Waals surface area contributed by atoms with E-state index < -0.39 is 0 Å². The molecule has 0 saturated carbocycles. The number of likely N-dealkylation sites (tertiary alicyclic amines) is 1. The van der Waals surface area contributed by atoms with Crippen LogP contribution in [0.1, 0.15) is 33.1 Å². The van der Waals surface area contributed by atoms with Crippen molar-refractivity contribution in [1.82, 2.24) is 10.2 Å². The molecule has 1 rings (SSSR count). The van der Waals surface area contributed by atoms with Crippen LogP contribution in [0.4, 0.5) is 0 Å². The minimum Gasteiger partial charge on any atom is -0.466 e. The van der Waals surface area contributed by atoms with Gasteiger partial charge in [0, 0.05) is 25.3 Å². The SMILES string of the molecule is CCOC(=O)C1CCN(C(=O)/C(C#N)=C\NC(CC)CO)CC1. The molecule has 0 bridgehead atoms. The molecule has 0 aliphatic carbocycles. The van der Waals surface area contributed by atoms with Crippen molar-refractivity contribution in [3.8, 4) is 6.07 Å². The maximum atomic E-state index is 12.3. The zero-order chi connectivity index (χ0) is 17.2. The fourth-order valence-corrected chi connectivity index (χ4v) is 2.39. The number of nitrogens with zero attached hydrogens (tertiary/aromatic N) is 2. The van der Waals surface area contributed by atoms with Crippen LogP contribution in [0.5, 0.6) is 0 Å². The number of nitriles is 1. The zero-order valence-electron chi connectivity index (χ0n) is 13.7. The Balaban J connectivity index is 2.59. The Bertz CT molecular complexity index is 472. The zero-order valence-corrected chi connectivity index (χ0v) is 13.7. The second-order valence-corrected chi connectivity index (χ2v) is 5.44. The van der Waals surface area contributed by atoms with E-state index in [0.29, 0.717) is 39.0 Å². The van der Waals surface area contributed by atoms with Gasteiger partial charge >= 0.3 is 5.97 Å². The predicted molar refractivity (Wildman–Crippen MR) is 83.9 cm³/mol. The summed E-state index contributed by atoms with van der Waals surface area (Å²) in [4.78, 5) is 25.6. The first-order valence-electron chi connectivity index (χ1n) is 8.00. The van der Waals surface area contributed by atoms with Crippen LogP contribution >= 0.6 is 0 Å². The molecule has 1 saturated heterocycles. The lowest BCUT2D eigenvalue weighted by Gasteiger charge is -2.30. The van der Waals surface area contributed by atoms with Crippen molar-refractivity contribution in [1.29, 1.82) is 5.26 Å². The molecule has 1 amide bonds. The predicted octanol–water partition coefficient (Wildman–Crippen LogP) is 0.556. The highest BCUT2D eigenvalue weighted by molar-refractivity contribution is 5.97. The van der Waals surface area contributed by atoms with Crippen LogP contribution in [-0.4, -0.2) is 54.2 Å². The Morgan fingerprint density at radius 1 is 1.43 bits per heavy atom. The molecule has 0 spiro atoms. The van der Waals surface area contributed by atoms with Crippen molar-refractivity contribution in [3.63, 3.8) is 0 Å². The van der Waals surface area contributed by atoms with Gasteiger partial charge < -0.3 is 20.1 Å². The Morgan fingerprint density at radius 3 is 2.57 bits per heavy atom. The number of carbonyl (C=O) groups excluding carboxylic acids is 2. The lowest BCUT2D eigenvalue weighted by Crippen LogP contribution is -2.41. The minimum atomic E-state index is -0.352. The van der Waals surface area contributed by atoms with Gasteiger partial charge in [0.25, 0.3) is 5.91 Å². The Morgan fingerprint density at radius 2 is 2.09 bits per heavy atom. The molecule has 1 atom stereocenters. The van der Waals surface area contributed by atoms with E-state index in [2.05, 4.69) is 5.32 Å². The monoisotopic (exact) mass is 323 g/mol. The molecule has 1 heterocycles. The number of piperidine rings is 1. The van der Waals surface area contributed by atoms with Crippen LogP contribution in [0, 0.1) is 17.2 Å². The summed E-state index contributed by atoms with van der Waals surface area (Å²) in [5.74, 6) is -0.744. The third kappa shape index (κ3) is 5.57. The third-order valence-electron chi connectivity index (χ3n) is 3.93. The van der Waals surface area contributed by atoms with Gasteiger partial charge in [-0.15, -0.1) is 0 Å². The molecule has 0 radical (unpaired) electrons. The number of carbonyl (C=O) groups is 2. The summed E-state index contributed by atoms with van der Waals surface area (Å²) in [6.45, 7) is 4.82. The number of nitrogens with one attached hydrogen (secondary N) is 1. The van der Waals surface area contributed by atoms with Gasteiger partial charge in [0.1, 0.15) is 11.6 Å². The average Bonchev–Trinajstić information content (AvgIpc) is 2.59. The first-order valence-corrected chi connectivity index (χ1v) is 8.00. The molecular weight excluding hydrogens is 298 g/mol. The molecule has 128 valence electrons. The maximum Gasteiger partial charge on any atom is 0.309 e. The van der Waals surface area contributed by atoms with Gasteiger partial charge in [0.2, 0.25) is 0 Å². The summed E-state index contributed by atoms with van der Waals surface area (Å²) in [6.07, 6.45) is 3.14. The molecule has 1 fully saturated rings. The standard InChI is InChI=1S/C16H25N3O4/c1-3-14(11-20)18-10-13(9-17)15(21)19-7-5-12(6-8-19)16(22)23-4-2/h10,12,14,18,20H,3-8,11H2,1-2H3/b13-10-. The average molecular weight is 323 g/mol. The molecule has 0 aromatic rings. The van der Waals surface area contributed by atoms with Gasteiger partial charge in [-0.2, -0.15) is 5.26 Å². The van der Waals surface area contributed by atoms with Gasteiger partial charge in [-0.1, -0.05) is 6.92 Å². The van der Waals surface area contributed by atoms with Crippen molar-refractivity contribution < 1.29 is 19.4 Å². The first kappa shape index (κ1) is 19.0. The van der Waals surface area contributed by atoms with Crippen LogP contribution in [0.25, 0.3) is 0 Å². The molecule has 1 unspecified atom stereocenters. The number of esters is 1. The van der Waals surface area contributed by atoms with Crippen molar-refractivity contribution in [2.45, 2.75) is 39.2 Å². The van der Waals surface area contributed by atoms with Gasteiger partial charge in [-0.3, -0.25) is 9.59 Å². The highest BCUT2D eigenvalue weighted by atomic mass is 16.5. The molecule has 0 aromatic heterocycles. The molecule has 0 aromatic carbocycles. The topological polar surface area (TPSA) is 103 Å². The molecule has 7 heteroatoms. The van der Waals surface area contributed by atoms with Gasteiger partial charge in [-0.25, -0.2) is 0 Å². The summed E-state index contributed by atoms with van der Waals surface area (Å²) in [6, 6.07) is 1.71. The molecule has 1 aliphatic heterocycles. The normalized spacial score (nSPS) is 17.3. The van der Waals surface area contributed by atoms with Crippen molar-refractivity contribution in [2.75, 3.05) is 26.3 Å². The van der Waals surface area contributed by atoms with E-state index in [9.17, 15) is 9.59 Å². The molecular formula is C16H25N3O4. The summed E-state index contributed by atoms with van der Waals surface area (Å²) in [7, 11) is 0. The van der Waals surface area contributed by atoms with Crippen LogP contribution in [0.3, 0.4) is 0 Å². The Kier molecular flexibility index (Phi) is 8.13. The second kappa shape index (κ2) is 9.85. The quantitative estimate of drug-likeness (QED) is 0.403. The van der Waals surface area contributed by atoms with E-state index in [1.54, 1.807) is 11.8 Å². The molecule has 7 nitrogen and oxygen atoms in total. The number of amides is 1.